The topological polar surface area (TPSA) is 97.1 Å². The van der Waals surface area contributed by atoms with Crippen molar-refractivity contribution in [1.82, 2.24) is 4.90 Å². The van der Waals surface area contributed by atoms with Gasteiger partial charge in [0.2, 0.25) is 0 Å². The smallest absolute Gasteiger partial charge is 0.336 e. The fourth-order valence-electron chi connectivity index (χ4n) is 3.89. The van der Waals surface area contributed by atoms with Crippen LogP contribution in [0.1, 0.15) is 18.4 Å². The number of carbonyl (C=O) groups excluding carboxylic acids is 1. The molecule has 1 N–H and O–H groups in total. The van der Waals surface area contributed by atoms with Gasteiger partial charge in [-0.15, -0.1) is 0 Å². The summed E-state index contributed by atoms with van der Waals surface area (Å²) in [5, 5.41) is 10.6. The molecule has 1 amide bonds. The average molecular weight is 407 g/mol. The minimum absolute atomic E-state index is 0.173. The van der Waals surface area contributed by atoms with Crippen molar-refractivity contribution in [3.05, 3.63) is 76.6 Å². The molecule has 2 heterocycles. The highest BCUT2D eigenvalue weighted by molar-refractivity contribution is 5.83. The molecule has 0 bridgehead atoms. The lowest BCUT2D eigenvalue weighted by molar-refractivity contribution is -0.148. The summed E-state index contributed by atoms with van der Waals surface area (Å²) in [6, 6.07) is 17.2. The molecule has 7 nitrogen and oxygen atoms in total. The summed E-state index contributed by atoms with van der Waals surface area (Å²) in [6.07, 6.45) is 0.693. The number of nitrogens with zero attached hydrogens (tertiary/aromatic N) is 1. The Hall–Kier alpha value is -3.61. The van der Waals surface area contributed by atoms with Crippen LogP contribution in [0.5, 0.6) is 5.75 Å². The van der Waals surface area contributed by atoms with E-state index in [0.717, 1.165) is 10.9 Å². The van der Waals surface area contributed by atoms with E-state index in [2.05, 4.69) is 0 Å². The number of carbonyl (C=O) groups is 2. The van der Waals surface area contributed by atoms with Crippen molar-refractivity contribution in [2.24, 2.45) is 0 Å². The van der Waals surface area contributed by atoms with Gasteiger partial charge in [-0.3, -0.25) is 9.59 Å². The maximum atomic E-state index is 12.6. The Morgan fingerprint density at radius 2 is 1.73 bits per heavy atom. The number of benzene rings is 2. The first-order valence-corrected chi connectivity index (χ1v) is 9.71. The maximum absolute atomic E-state index is 12.6. The van der Waals surface area contributed by atoms with E-state index in [9.17, 15) is 19.5 Å². The number of hydrogen-bond donors (Lipinski definition) is 1. The van der Waals surface area contributed by atoms with E-state index in [-0.39, 0.29) is 12.5 Å². The first kappa shape index (κ1) is 19.7. The van der Waals surface area contributed by atoms with Gasteiger partial charge in [-0.2, -0.15) is 0 Å². The van der Waals surface area contributed by atoms with Crippen molar-refractivity contribution in [2.45, 2.75) is 18.3 Å². The summed E-state index contributed by atoms with van der Waals surface area (Å²) in [7, 11) is 0. The van der Waals surface area contributed by atoms with Crippen LogP contribution < -0.4 is 10.4 Å². The predicted octanol–water partition coefficient (Wildman–Crippen LogP) is 2.82. The highest BCUT2D eigenvalue weighted by Crippen LogP contribution is 2.36. The third-order valence-corrected chi connectivity index (χ3v) is 5.66. The molecular formula is C23H21NO6. The molecule has 2 aromatic carbocycles. The van der Waals surface area contributed by atoms with Gasteiger partial charge in [-0.1, -0.05) is 30.3 Å². The Kier molecular flexibility index (Phi) is 5.27. The van der Waals surface area contributed by atoms with Gasteiger partial charge in [0.25, 0.3) is 5.91 Å². The molecule has 4 rings (SSSR count). The van der Waals surface area contributed by atoms with Crippen LogP contribution in [0, 0.1) is 0 Å². The first-order valence-electron chi connectivity index (χ1n) is 9.71. The molecule has 0 radical (unpaired) electrons. The second kappa shape index (κ2) is 8.02. The number of aliphatic carboxylic acids is 1. The van der Waals surface area contributed by atoms with Gasteiger partial charge in [0.1, 0.15) is 11.3 Å². The third kappa shape index (κ3) is 3.78. The van der Waals surface area contributed by atoms with Crippen molar-refractivity contribution in [3.63, 3.8) is 0 Å². The van der Waals surface area contributed by atoms with Gasteiger partial charge in [0, 0.05) is 30.6 Å². The SMILES string of the molecule is O=C(COc1ccc2ccc(=O)oc2c1)N1CCC(C(=O)O)(c2ccccc2)CC1. The molecular weight excluding hydrogens is 386 g/mol. The second-order valence-corrected chi connectivity index (χ2v) is 7.38. The number of ether oxygens (including phenoxy) is 1. The quantitative estimate of drug-likeness (QED) is 0.654. The van der Waals surface area contributed by atoms with Crippen molar-refractivity contribution in [3.8, 4) is 5.75 Å². The molecule has 1 aliphatic heterocycles. The van der Waals surface area contributed by atoms with Crippen LogP contribution in [0.2, 0.25) is 0 Å². The normalized spacial score (nSPS) is 15.7. The Morgan fingerprint density at radius 3 is 2.43 bits per heavy atom. The van der Waals surface area contributed by atoms with Gasteiger partial charge >= 0.3 is 11.6 Å². The number of piperidine rings is 1. The van der Waals surface area contributed by atoms with Gasteiger partial charge in [0.15, 0.2) is 6.61 Å². The number of fused-ring (bicyclic) bond motifs is 1. The monoisotopic (exact) mass is 407 g/mol. The highest BCUT2D eigenvalue weighted by atomic mass is 16.5. The fraction of sp³-hybridized carbons (Fsp3) is 0.261. The Labute approximate surface area is 172 Å². The van der Waals surface area contributed by atoms with E-state index in [1.165, 1.54) is 6.07 Å². The van der Waals surface area contributed by atoms with Crippen molar-refractivity contribution in [2.75, 3.05) is 19.7 Å². The lowest BCUT2D eigenvalue weighted by atomic mass is 9.73. The predicted molar refractivity (Wildman–Crippen MR) is 110 cm³/mol. The van der Waals surface area contributed by atoms with Crippen LogP contribution in [0.15, 0.2) is 69.9 Å². The summed E-state index contributed by atoms with van der Waals surface area (Å²) in [5.41, 5.74) is -0.281. The number of likely N-dealkylation sites (tertiary alicyclic amines) is 1. The van der Waals surface area contributed by atoms with Crippen LogP contribution in [0.3, 0.4) is 0 Å². The third-order valence-electron chi connectivity index (χ3n) is 5.66. The van der Waals surface area contributed by atoms with E-state index in [1.807, 2.05) is 30.3 Å². The van der Waals surface area contributed by atoms with E-state index < -0.39 is 17.0 Å². The number of carboxylic acids is 1. The van der Waals surface area contributed by atoms with Gasteiger partial charge in [0.05, 0.1) is 5.41 Å². The zero-order valence-corrected chi connectivity index (χ0v) is 16.2. The van der Waals surface area contributed by atoms with E-state index in [4.69, 9.17) is 9.15 Å². The van der Waals surface area contributed by atoms with Gasteiger partial charge < -0.3 is 19.2 Å². The van der Waals surface area contributed by atoms with Gasteiger partial charge in [-0.25, -0.2) is 4.79 Å². The number of amides is 1. The van der Waals surface area contributed by atoms with Crippen molar-refractivity contribution in [1.29, 1.82) is 0 Å². The lowest BCUT2D eigenvalue weighted by Crippen LogP contribution is -2.50. The Morgan fingerprint density at radius 1 is 1.03 bits per heavy atom. The molecule has 0 saturated carbocycles. The first-order chi connectivity index (χ1) is 14.5. The zero-order valence-electron chi connectivity index (χ0n) is 16.2. The molecule has 0 aliphatic carbocycles. The average Bonchev–Trinajstić information content (AvgIpc) is 2.77. The van der Waals surface area contributed by atoms with Crippen molar-refractivity contribution >= 4 is 22.8 Å². The van der Waals surface area contributed by atoms with Gasteiger partial charge in [-0.05, 0) is 36.6 Å². The fourth-order valence-corrected chi connectivity index (χ4v) is 3.89. The number of rotatable bonds is 5. The molecule has 1 aliphatic rings. The number of hydrogen-bond acceptors (Lipinski definition) is 5. The summed E-state index contributed by atoms with van der Waals surface area (Å²) in [6.45, 7) is 0.514. The summed E-state index contributed by atoms with van der Waals surface area (Å²) < 4.78 is 10.7. The molecule has 1 aromatic heterocycles. The largest absolute Gasteiger partial charge is 0.484 e. The summed E-state index contributed by atoms with van der Waals surface area (Å²) in [4.78, 5) is 37.6. The molecule has 1 fully saturated rings. The number of carboxylic acid groups (broad SMARTS) is 1. The second-order valence-electron chi connectivity index (χ2n) is 7.38. The van der Waals surface area contributed by atoms with Crippen LogP contribution in [-0.4, -0.2) is 41.6 Å². The maximum Gasteiger partial charge on any atom is 0.336 e. The molecule has 0 unspecified atom stereocenters. The van der Waals surface area contributed by atoms with Crippen molar-refractivity contribution < 1.29 is 23.8 Å². The lowest BCUT2D eigenvalue weighted by Gasteiger charge is -2.39. The minimum Gasteiger partial charge on any atom is -0.484 e. The highest BCUT2D eigenvalue weighted by Gasteiger charge is 2.43. The summed E-state index contributed by atoms with van der Waals surface area (Å²) >= 11 is 0. The van der Waals surface area contributed by atoms with E-state index >= 15 is 0 Å². The van der Waals surface area contributed by atoms with Crippen LogP contribution >= 0.6 is 0 Å². The Balaban J connectivity index is 1.40. The van der Waals surface area contributed by atoms with Crippen LogP contribution in [0.4, 0.5) is 0 Å². The zero-order chi connectivity index (χ0) is 21.1. The summed E-state index contributed by atoms with van der Waals surface area (Å²) in [5.74, 6) is -0.655. The van der Waals surface area contributed by atoms with Crippen LogP contribution in [-0.2, 0) is 15.0 Å². The molecule has 0 spiro atoms. The molecule has 30 heavy (non-hydrogen) atoms. The molecule has 3 aromatic rings. The van der Waals surface area contributed by atoms with E-state index in [1.54, 1.807) is 29.2 Å². The van der Waals surface area contributed by atoms with E-state index in [0.29, 0.717) is 37.3 Å². The Bertz CT molecular complexity index is 1130. The molecule has 0 atom stereocenters. The molecule has 1 saturated heterocycles. The molecule has 7 heteroatoms. The minimum atomic E-state index is -0.977. The molecule has 154 valence electrons. The van der Waals surface area contributed by atoms with Crippen LogP contribution in [0.25, 0.3) is 11.0 Å². The standard InChI is InChI=1S/C23H21NO6/c25-20(15-29-18-8-6-16-7-9-21(26)30-19(16)14-18)24-12-10-23(11-13-24,22(27)28)17-4-2-1-3-5-17/h1-9,14H,10-13,15H2,(H,27,28).